The van der Waals surface area contributed by atoms with Gasteiger partial charge in [0, 0.05) is 13.0 Å². The average Bonchev–Trinajstić information content (AvgIpc) is 2.85. The molecule has 0 aromatic rings. The van der Waals surface area contributed by atoms with Gasteiger partial charge >= 0.3 is 5.97 Å². The van der Waals surface area contributed by atoms with Crippen LogP contribution < -0.4 is 0 Å². The zero-order chi connectivity index (χ0) is 25.9. The second kappa shape index (κ2) is 14.9. The van der Waals surface area contributed by atoms with E-state index in [2.05, 4.69) is 39.8 Å². The third kappa shape index (κ3) is 9.64. The van der Waals surface area contributed by atoms with Gasteiger partial charge in [-0.25, -0.2) is 0 Å². The number of allylic oxidation sites excluding steroid dienone is 6. The van der Waals surface area contributed by atoms with E-state index in [4.69, 9.17) is 18.9 Å². The molecule has 0 aromatic heterocycles. The number of cyclic esters (lactones) is 1. The minimum Gasteiger partial charge on any atom is -0.455 e. The second-order valence-electron chi connectivity index (χ2n) is 11.0. The highest BCUT2D eigenvalue weighted by Crippen LogP contribution is 2.33. The fourth-order valence-electron chi connectivity index (χ4n) is 5.33. The topological polar surface area (TPSA) is 54.0 Å². The SMILES string of the molecule is CC=C1CC2CC(=O)OC(C=CC=CC=C(C)CC)C(C)OCC(C)CC3CCCC(CC(C1)O2)O3. The summed E-state index contributed by atoms with van der Waals surface area (Å²) in [5.41, 5.74) is 2.68. The van der Waals surface area contributed by atoms with Gasteiger partial charge in [-0.1, -0.05) is 55.4 Å². The van der Waals surface area contributed by atoms with Crippen LogP contribution in [0, 0.1) is 5.92 Å². The fourth-order valence-corrected chi connectivity index (χ4v) is 5.33. The molecule has 7 atom stereocenters. The highest BCUT2D eigenvalue weighted by molar-refractivity contribution is 5.70. The molecule has 7 unspecified atom stereocenters. The van der Waals surface area contributed by atoms with Crippen molar-refractivity contribution in [2.45, 2.75) is 129 Å². The molecule has 0 N–H and O–H groups in total. The van der Waals surface area contributed by atoms with Crippen molar-refractivity contribution in [3.05, 3.63) is 47.6 Å². The van der Waals surface area contributed by atoms with Crippen molar-refractivity contribution in [1.29, 1.82) is 0 Å². The van der Waals surface area contributed by atoms with Gasteiger partial charge in [-0.05, 0) is 77.7 Å². The van der Waals surface area contributed by atoms with E-state index in [1.165, 1.54) is 17.6 Å². The van der Waals surface area contributed by atoms with Crippen molar-refractivity contribution in [2.75, 3.05) is 6.61 Å². The monoisotopic (exact) mass is 500 g/mol. The van der Waals surface area contributed by atoms with Gasteiger partial charge < -0.3 is 18.9 Å². The van der Waals surface area contributed by atoms with E-state index in [0.717, 1.165) is 44.9 Å². The Balaban J connectivity index is 1.75. The Morgan fingerprint density at radius 1 is 0.944 bits per heavy atom. The first-order valence-corrected chi connectivity index (χ1v) is 14.1. The number of fused-ring (bicyclic) bond motifs is 4. The summed E-state index contributed by atoms with van der Waals surface area (Å²) in [6.07, 6.45) is 20.2. The molecule has 0 aromatic carbocycles. The summed E-state index contributed by atoms with van der Waals surface area (Å²) >= 11 is 0. The standard InChI is InChI=1S/C31H48O5/c1-6-22(3)12-9-8-10-15-30-24(5)33-21-23(4)16-26-13-11-14-27(34-26)19-28-17-25(7-2)18-29(35-28)20-31(32)36-30/h7-10,12,15,23-24,26-30H,6,11,13-14,16-21H2,1-5H3. The lowest BCUT2D eigenvalue weighted by Gasteiger charge is -2.37. The summed E-state index contributed by atoms with van der Waals surface area (Å²) in [6.45, 7) is 11.2. The van der Waals surface area contributed by atoms with Gasteiger partial charge in [-0.15, -0.1) is 0 Å². The van der Waals surface area contributed by atoms with Crippen molar-refractivity contribution in [3.8, 4) is 0 Å². The van der Waals surface area contributed by atoms with Crippen LogP contribution in [0.1, 0.15) is 92.4 Å². The Hall–Kier alpha value is -1.69. The molecular formula is C31H48O5. The molecule has 3 aliphatic heterocycles. The lowest BCUT2D eigenvalue weighted by Crippen LogP contribution is -2.38. The summed E-state index contributed by atoms with van der Waals surface area (Å²) in [7, 11) is 0. The molecular weight excluding hydrogens is 452 g/mol. The molecule has 0 saturated carbocycles. The quantitative estimate of drug-likeness (QED) is 0.236. The van der Waals surface area contributed by atoms with Crippen molar-refractivity contribution in [3.63, 3.8) is 0 Å². The summed E-state index contributed by atoms with van der Waals surface area (Å²) in [5.74, 6) is 0.137. The van der Waals surface area contributed by atoms with E-state index in [1.54, 1.807) is 0 Å². The van der Waals surface area contributed by atoms with Crippen LogP contribution in [-0.4, -0.2) is 49.2 Å². The summed E-state index contributed by atoms with van der Waals surface area (Å²) in [6, 6.07) is 0. The molecule has 3 aliphatic rings. The van der Waals surface area contributed by atoms with Crippen LogP contribution >= 0.6 is 0 Å². The van der Waals surface area contributed by atoms with E-state index in [0.29, 0.717) is 12.5 Å². The zero-order valence-corrected chi connectivity index (χ0v) is 23.1. The number of carbonyl (C=O) groups excluding carboxylic acids is 1. The lowest BCUT2D eigenvalue weighted by molar-refractivity contribution is -0.160. The zero-order valence-electron chi connectivity index (χ0n) is 23.1. The first kappa shape index (κ1) is 28.9. The molecule has 4 bridgehead atoms. The summed E-state index contributed by atoms with van der Waals surface area (Å²) < 4.78 is 25.1. The van der Waals surface area contributed by atoms with Crippen LogP contribution in [0.5, 0.6) is 0 Å². The van der Waals surface area contributed by atoms with Gasteiger partial charge in [0.1, 0.15) is 6.10 Å². The average molecular weight is 501 g/mol. The van der Waals surface area contributed by atoms with E-state index in [9.17, 15) is 4.79 Å². The number of rotatable bonds is 4. The number of hydrogen-bond acceptors (Lipinski definition) is 5. The Labute approximate surface area is 219 Å². The lowest BCUT2D eigenvalue weighted by atomic mass is 9.90. The first-order chi connectivity index (χ1) is 17.4. The highest BCUT2D eigenvalue weighted by atomic mass is 16.6. The van der Waals surface area contributed by atoms with Gasteiger partial charge in [0.15, 0.2) is 0 Å². The normalized spacial score (nSPS) is 36.9. The largest absolute Gasteiger partial charge is 0.455 e. The number of esters is 1. The summed E-state index contributed by atoms with van der Waals surface area (Å²) in [4.78, 5) is 13.0. The Bertz CT molecular complexity index is 810. The third-order valence-electron chi connectivity index (χ3n) is 7.63. The summed E-state index contributed by atoms with van der Waals surface area (Å²) in [5, 5.41) is 0. The molecule has 36 heavy (non-hydrogen) atoms. The third-order valence-corrected chi connectivity index (χ3v) is 7.63. The van der Waals surface area contributed by atoms with Crippen LogP contribution in [0.15, 0.2) is 47.6 Å². The van der Waals surface area contributed by atoms with Crippen molar-refractivity contribution in [2.24, 2.45) is 5.92 Å². The molecule has 0 radical (unpaired) electrons. The molecule has 0 spiro atoms. The van der Waals surface area contributed by atoms with Crippen molar-refractivity contribution >= 4 is 5.97 Å². The van der Waals surface area contributed by atoms with Crippen LogP contribution in [-0.2, 0) is 23.7 Å². The maximum absolute atomic E-state index is 13.0. The highest BCUT2D eigenvalue weighted by Gasteiger charge is 2.33. The smallest absolute Gasteiger partial charge is 0.309 e. The minimum absolute atomic E-state index is 0.0968. The van der Waals surface area contributed by atoms with Gasteiger partial charge in [-0.3, -0.25) is 4.79 Å². The molecule has 5 nitrogen and oxygen atoms in total. The second-order valence-corrected chi connectivity index (χ2v) is 11.0. The van der Waals surface area contributed by atoms with Crippen molar-refractivity contribution in [1.82, 2.24) is 0 Å². The molecule has 0 aliphatic carbocycles. The Morgan fingerprint density at radius 3 is 2.42 bits per heavy atom. The van der Waals surface area contributed by atoms with Crippen LogP contribution in [0.25, 0.3) is 0 Å². The van der Waals surface area contributed by atoms with Crippen LogP contribution in [0.3, 0.4) is 0 Å². The Kier molecular flexibility index (Phi) is 12.0. The molecule has 0 amide bonds. The maximum atomic E-state index is 13.0. The van der Waals surface area contributed by atoms with E-state index in [1.807, 2.05) is 31.2 Å². The van der Waals surface area contributed by atoms with Crippen LogP contribution in [0.4, 0.5) is 0 Å². The van der Waals surface area contributed by atoms with Gasteiger partial charge in [0.05, 0.1) is 36.9 Å². The molecule has 3 fully saturated rings. The molecule has 3 rings (SSSR count). The van der Waals surface area contributed by atoms with Crippen LogP contribution in [0.2, 0.25) is 0 Å². The van der Waals surface area contributed by atoms with Crippen molar-refractivity contribution < 1.29 is 23.7 Å². The fraction of sp³-hybridized carbons (Fsp3) is 0.710. The number of hydrogen-bond donors (Lipinski definition) is 0. The number of carbonyl (C=O) groups is 1. The minimum atomic E-state index is -0.450. The predicted octanol–water partition coefficient (Wildman–Crippen LogP) is 7.02. The molecule has 3 heterocycles. The van der Waals surface area contributed by atoms with E-state index >= 15 is 0 Å². The first-order valence-electron chi connectivity index (χ1n) is 14.1. The molecule has 5 heteroatoms. The van der Waals surface area contributed by atoms with Gasteiger partial charge in [0.2, 0.25) is 0 Å². The van der Waals surface area contributed by atoms with Gasteiger partial charge in [0.25, 0.3) is 0 Å². The van der Waals surface area contributed by atoms with E-state index in [-0.39, 0.29) is 42.9 Å². The van der Waals surface area contributed by atoms with E-state index < -0.39 is 6.10 Å². The predicted molar refractivity (Wildman–Crippen MR) is 145 cm³/mol. The molecule has 202 valence electrons. The number of ether oxygens (including phenoxy) is 4. The van der Waals surface area contributed by atoms with Gasteiger partial charge in [-0.2, -0.15) is 0 Å². The molecule has 3 saturated heterocycles. The Morgan fingerprint density at radius 2 is 1.67 bits per heavy atom. The maximum Gasteiger partial charge on any atom is 0.309 e.